The Kier molecular flexibility index (Phi) is 9.77. The molecule has 0 aliphatic carbocycles. The number of aliphatic carboxylic acids is 1. The van der Waals surface area contributed by atoms with Crippen LogP contribution in [0.5, 0.6) is 0 Å². The Morgan fingerprint density at radius 2 is 2.00 bits per heavy atom. The van der Waals surface area contributed by atoms with Crippen molar-refractivity contribution in [3.8, 4) is 0 Å². The lowest BCUT2D eigenvalue weighted by Gasteiger charge is -2.34. The number of ether oxygens (including phenoxy) is 1. The van der Waals surface area contributed by atoms with E-state index in [9.17, 15) is 9.59 Å². The molecule has 1 aliphatic rings. The Hall–Kier alpha value is -2.14. The summed E-state index contributed by atoms with van der Waals surface area (Å²) in [5.74, 6) is -0.511. The molecule has 2 rings (SSSR count). The third kappa shape index (κ3) is 7.85. The van der Waals surface area contributed by atoms with Crippen LogP contribution in [-0.2, 0) is 20.7 Å². The zero-order valence-corrected chi connectivity index (χ0v) is 16.9. The SMILES string of the molecule is COC(/C=C/[C@H]1CCCC(=O)N1CCCCCCC(=O)O)Cc1ccccc1. The first-order valence-electron chi connectivity index (χ1n) is 10.4. The molecule has 1 amide bonds. The Morgan fingerprint density at radius 3 is 2.71 bits per heavy atom. The number of hydrogen-bond acceptors (Lipinski definition) is 3. The minimum absolute atomic E-state index is 0.00250. The van der Waals surface area contributed by atoms with Crippen molar-refractivity contribution >= 4 is 11.9 Å². The number of likely N-dealkylation sites (tertiary alicyclic amines) is 1. The van der Waals surface area contributed by atoms with Crippen molar-refractivity contribution in [1.82, 2.24) is 4.90 Å². The highest BCUT2D eigenvalue weighted by Crippen LogP contribution is 2.21. The highest BCUT2D eigenvalue weighted by atomic mass is 16.5. The number of carbonyl (C=O) groups is 2. The highest BCUT2D eigenvalue weighted by Gasteiger charge is 2.25. The van der Waals surface area contributed by atoms with Gasteiger partial charge in [-0.2, -0.15) is 0 Å². The molecule has 0 bridgehead atoms. The van der Waals surface area contributed by atoms with Crippen LogP contribution in [0, 0.1) is 0 Å². The lowest BCUT2D eigenvalue weighted by molar-refractivity contribution is -0.137. The third-order valence-electron chi connectivity index (χ3n) is 5.28. The summed E-state index contributed by atoms with van der Waals surface area (Å²) in [6, 6.07) is 10.4. The maximum Gasteiger partial charge on any atom is 0.303 e. The summed E-state index contributed by atoms with van der Waals surface area (Å²) in [6.45, 7) is 0.747. The number of nitrogens with zero attached hydrogens (tertiary/aromatic N) is 1. The minimum Gasteiger partial charge on any atom is -0.481 e. The molecule has 1 N–H and O–H groups in total. The van der Waals surface area contributed by atoms with Gasteiger partial charge in [-0.05, 0) is 31.2 Å². The largest absolute Gasteiger partial charge is 0.481 e. The van der Waals surface area contributed by atoms with Crippen LogP contribution in [0.1, 0.15) is 56.9 Å². The van der Waals surface area contributed by atoms with Gasteiger partial charge in [0.2, 0.25) is 5.91 Å². The number of amides is 1. The fourth-order valence-corrected chi connectivity index (χ4v) is 3.68. The summed E-state index contributed by atoms with van der Waals surface area (Å²) in [6.07, 6.45) is 11.3. The predicted octanol–water partition coefficient (Wildman–Crippen LogP) is 4.22. The van der Waals surface area contributed by atoms with Crippen molar-refractivity contribution in [3.63, 3.8) is 0 Å². The number of hydrogen-bond donors (Lipinski definition) is 1. The molecule has 1 saturated heterocycles. The van der Waals surface area contributed by atoms with E-state index < -0.39 is 5.97 Å². The van der Waals surface area contributed by atoms with Crippen molar-refractivity contribution in [2.24, 2.45) is 0 Å². The van der Waals surface area contributed by atoms with Crippen LogP contribution >= 0.6 is 0 Å². The minimum atomic E-state index is -0.736. The van der Waals surface area contributed by atoms with Crippen molar-refractivity contribution in [3.05, 3.63) is 48.0 Å². The highest BCUT2D eigenvalue weighted by molar-refractivity contribution is 5.77. The molecule has 0 saturated carbocycles. The molecule has 1 aromatic rings. The number of methoxy groups -OCH3 is 1. The molecular weight excluding hydrogens is 354 g/mol. The van der Waals surface area contributed by atoms with Gasteiger partial charge >= 0.3 is 5.97 Å². The normalized spacial score (nSPS) is 18.5. The molecular formula is C23H33NO4. The Morgan fingerprint density at radius 1 is 1.25 bits per heavy atom. The zero-order chi connectivity index (χ0) is 20.2. The van der Waals surface area contributed by atoms with E-state index in [2.05, 4.69) is 24.3 Å². The topological polar surface area (TPSA) is 66.8 Å². The summed E-state index contributed by atoms with van der Waals surface area (Å²) in [5, 5.41) is 8.69. The smallest absolute Gasteiger partial charge is 0.303 e. The van der Waals surface area contributed by atoms with Crippen LogP contribution in [0.2, 0.25) is 0 Å². The Labute approximate surface area is 168 Å². The summed E-state index contributed by atoms with van der Waals surface area (Å²) in [4.78, 5) is 25.0. The Balaban J connectivity index is 1.84. The predicted molar refractivity (Wildman–Crippen MR) is 110 cm³/mol. The molecule has 1 aliphatic heterocycles. The molecule has 28 heavy (non-hydrogen) atoms. The molecule has 0 spiro atoms. The van der Waals surface area contributed by atoms with Gasteiger partial charge in [-0.15, -0.1) is 0 Å². The van der Waals surface area contributed by atoms with E-state index in [0.29, 0.717) is 12.8 Å². The first kappa shape index (κ1) is 22.2. The Bertz CT molecular complexity index is 629. The molecule has 0 radical (unpaired) electrons. The van der Waals surface area contributed by atoms with E-state index in [1.54, 1.807) is 7.11 Å². The molecule has 5 nitrogen and oxygen atoms in total. The standard InChI is InChI=1S/C23H33NO4/c1-28-21(18-19-10-5-4-6-11-19)16-15-20-12-9-13-22(25)24(20)17-8-3-2-7-14-23(26)27/h4-6,10-11,15-16,20-21H,2-3,7-9,12-14,17-18H2,1H3,(H,26,27)/b16-15+/t20-,21?/m1/s1. The number of carboxylic acids is 1. The maximum atomic E-state index is 12.4. The van der Waals surface area contributed by atoms with Gasteiger partial charge < -0.3 is 14.7 Å². The number of carbonyl (C=O) groups excluding carboxylic acids is 1. The van der Waals surface area contributed by atoms with Crippen LogP contribution in [-0.4, -0.2) is 47.7 Å². The second-order valence-corrected chi connectivity index (χ2v) is 7.45. The van der Waals surface area contributed by atoms with Crippen LogP contribution in [0.3, 0.4) is 0 Å². The van der Waals surface area contributed by atoms with E-state index in [0.717, 1.165) is 45.1 Å². The molecule has 0 aromatic heterocycles. The second-order valence-electron chi connectivity index (χ2n) is 7.45. The first-order chi connectivity index (χ1) is 13.6. The first-order valence-corrected chi connectivity index (χ1v) is 10.4. The number of piperidine rings is 1. The molecule has 5 heteroatoms. The van der Waals surface area contributed by atoms with Gasteiger partial charge in [0.15, 0.2) is 0 Å². The monoisotopic (exact) mass is 387 g/mol. The van der Waals surface area contributed by atoms with Crippen LogP contribution in [0.25, 0.3) is 0 Å². The average Bonchev–Trinajstić information content (AvgIpc) is 2.69. The van der Waals surface area contributed by atoms with Crippen LogP contribution in [0.15, 0.2) is 42.5 Å². The number of carboxylic acid groups (broad SMARTS) is 1. The van der Waals surface area contributed by atoms with E-state index in [1.165, 1.54) is 5.56 Å². The molecule has 1 fully saturated rings. The van der Waals surface area contributed by atoms with Gasteiger partial charge in [0, 0.05) is 32.9 Å². The van der Waals surface area contributed by atoms with Crippen LogP contribution < -0.4 is 0 Å². The van der Waals surface area contributed by atoms with Gasteiger partial charge in [0.1, 0.15) is 0 Å². The lowest BCUT2D eigenvalue weighted by atomic mass is 9.99. The van der Waals surface area contributed by atoms with Crippen molar-refractivity contribution < 1.29 is 19.4 Å². The van der Waals surface area contributed by atoms with E-state index in [1.807, 2.05) is 23.1 Å². The van der Waals surface area contributed by atoms with E-state index in [4.69, 9.17) is 9.84 Å². The molecule has 1 aromatic carbocycles. The maximum absolute atomic E-state index is 12.4. The summed E-state index contributed by atoms with van der Waals surface area (Å²) < 4.78 is 5.61. The lowest BCUT2D eigenvalue weighted by Crippen LogP contribution is -2.43. The van der Waals surface area contributed by atoms with Crippen LogP contribution in [0.4, 0.5) is 0 Å². The molecule has 1 unspecified atom stereocenters. The van der Waals surface area contributed by atoms with Crippen molar-refractivity contribution in [2.75, 3.05) is 13.7 Å². The summed E-state index contributed by atoms with van der Waals surface area (Å²) >= 11 is 0. The number of benzene rings is 1. The van der Waals surface area contributed by atoms with Gasteiger partial charge in [-0.25, -0.2) is 0 Å². The quantitative estimate of drug-likeness (QED) is 0.431. The van der Waals surface area contributed by atoms with E-state index in [-0.39, 0.29) is 24.5 Å². The van der Waals surface area contributed by atoms with Crippen molar-refractivity contribution in [1.29, 1.82) is 0 Å². The summed E-state index contributed by atoms with van der Waals surface area (Å²) in [5.41, 5.74) is 1.23. The fourth-order valence-electron chi connectivity index (χ4n) is 3.68. The number of unbranched alkanes of at least 4 members (excludes halogenated alkanes) is 3. The summed E-state index contributed by atoms with van der Waals surface area (Å²) in [7, 11) is 1.72. The number of rotatable bonds is 12. The van der Waals surface area contributed by atoms with Crippen molar-refractivity contribution in [2.45, 2.75) is 69.9 Å². The molecule has 154 valence electrons. The molecule has 2 atom stereocenters. The van der Waals surface area contributed by atoms with Gasteiger partial charge in [-0.1, -0.05) is 55.3 Å². The van der Waals surface area contributed by atoms with Gasteiger partial charge in [-0.3, -0.25) is 9.59 Å². The van der Waals surface area contributed by atoms with Gasteiger partial charge in [0.25, 0.3) is 0 Å². The average molecular weight is 388 g/mol. The zero-order valence-electron chi connectivity index (χ0n) is 16.9. The van der Waals surface area contributed by atoms with E-state index >= 15 is 0 Å². The molecule has 1 heterocycles. The third-order valence-corrected chi connectivity index (χ3v) is 5.28. The fraction of sp³-hybridized carbons (Fsp3) is 0.565. The van der Waals surface area contributed by atoms with Gasteiger partial charge in [0.05, 0.1) is 12.1 Å². The second kappa shape index (κ2) is 12.3.